The number of halogens is 3. The molecule has 0 saturated heterocycles. The molecule has 0 bridgehead atoms. The molecule has 0 aromatic heterocycles. The van der Waals surface area contributed by atoms with E-state index < -0.39 is 5.51 Å². The number of nitrogens with one attached hydrogen (secondary N) is 1. The van der Waals surface area contributed by atoms with Gasteiger partial charge in [0.05, 0.1) is 13.7 Å². The fraction of sp³-hybridized carbons (Fsp3) is 0.571. The molecule has 0 spiro atoms. The third-order valence-electron chi connectivity index (χ3n) is 2.62. The fourth-order valence-corrected chi connectivity index (χ4v) is 2.05. The van der Waals surface area contributed by atoms with Crippen molar-refractivity contribution in [2.24, 2.45) is 0 Å². The third kappa shape index (κ3) is 7.47. The van der Waals surface area contributed by atoms with Crippen LogP contribution < -0.4 is 14.8 Å². The van der Waals surface area contributed by atoms with E-state index in [1.807, 2.05) is 6.07 Å². The molecule has 120 valence electrons. The van der Waals surface area contributed by atoms with Gasteiger partial charge < -0.3 is 14.8 Å². The van der Waals surface area contributed by atoms with Crippen molar-refractivity contribution in [2.45, 2.75) is 25.4 Å². The predicted molar refractivity (Wildman–Crippen MR) is 79.0 cm³/mol. The Labute approximate surface area is 127 Å². The van der Waals surface area contributed by atoms with Crippen LogP contribution in [0.15, 0.2) is 18.2 Å². The van der Waals surface area contributed by atoms with Gasteiger partial charge in [0, 0.05) is 23.9 Å². The molecule has 0 aliphatic carbocycles. The van der Waals surface area contributed by atoms with Crippen LogP contribution in [0.4, 0.5) is 13.2 Å². The van der Waals surface area contributed by atoms with Gasteiger partial charge in [-0.05, 0) is 30.8 Å². The first-order valence-corrected chi connectivity index (χ1v) is 7.66. The predicted octanol–water partition coefficient (Wildman–Crippen LogP) is 3.83. The van der Waals surface area contributed by atoms with E-state index in [4.69, 9.17) is 9.47 Å². The van der Waals surface area contributed by atoms with E-state index in [1.165, 1.54) is 7.11 Å². The third-order valence-corrected chi connectivity index (χ3v) is 3.32. The fourth-order valence-electron chi connectivity index (χ4n) is 1.65. The summed E-state index contributed by atoms with van der Waals surface area (Å²) in [5.41, 5.74) is -3.32. The second-order valence-corrected chi connectivity index (χ2v) is 5.45. The molecule has 0 unspecified atom stereocenters. The maximum absolute atomic E-state index is 12.1. The maximum atomic E-state index is 12.1. The minimum Gasteiger partial charge on any atom is -0.497 e. The number of hydrogen-bond acceptors (Lipinski definition) is 4. The van der Waals surface area contributed by atoms with Gasteiger partial charge in [-0.15, -0.1) is 0 Å². The number of alkyl halides is 3. The molecule has 1 N–H and O–H groups in total. The molecule has 1 aromatic carbocycles. The summed E-state index contributed by atoms with van der Waals surface area (Å²) in [7, 11) is 1.54. The van der Waals surface area contributed by atoms with Gasteiger partial charge in [-0.3, -0.25) is 0 Å². The quantitative estimate of drug-likeness (QED) is 0.700. The first kappa shape index (κ1) is 18.0. The first-order chi connectivity index (χ1) is 9.96. The molecule has 0 amide bonds. The van der Waals surface area contributed by atoms with Crippen molar-refractivity contribution in [1.29, 1.82) is 0 Å². The van der Waals surface area contributed by atoms with Gasteiger partial charge in [-0.25, -0.2) is 0 Å². The van der Waals surface area contributed by atoms with Crippen LogP contribution in [0.25, 0.3) is 0 Å². The molecule has 7 heteroatoms. The van der Waals surface area contributed by atoms with Gasteiger partial charge in [0.15, 0.2) is 0 Å². The molecular weight excluding hydrogens is 303 g/mol. The molecular formula is C14H20F3NO2S. The molecule has 0 saturated carbocycles. The Bertz CT molecular complexity index is 427. The highest BCUT2D eigenvalue weighted by Crippen LogP contribution is 2.30. The van der Waals surface area contributed by atoms with E-state index in [0.29, 0.717) is 18.0 Å². The molecule has 21 heavy (non-hydrogen) atoms. The summed E-state index contributed by atoms with van der Waals surface area (Å²) in [5.74, 6) is 1.04. The highest BCUT2D eigenvalue weighted by atomic mass is 32.2. The van der Waals surface area contributed by atoms with E-state index >= 15 is 0 Å². The second-order valence-electron chi connectivity index (χ2n) is 4.29. The van der Waals surface area contributed by atoms with Crippen molar-refractivity contribution in [1.82, 2.24) is 5.32 Å². The maximum Gasteiger partial charge on any atom is 0.441 e. The number of ether oxygens (including phenoxy) is 2. The Hall–Kier alpha value is -1.08. The van der Waals surface area contributed by atoms with Crippen LogP contribution in [0.1, 0.15) is 18.9 Å². The summed E-state index contributed by atoms with van der Waals surface area (Å²) in [6.45, 7) is 3.54. The normalized spacial score (nSPS) is 11.5. The zero-order valence-corrected chi connectivity index (χ0v) is 12.9. The standard InChI is InChI=1S/C14H20F3NO2S/c1-3-6-18-10-11-4-5-12(19-2)9-13(11)20-7-8-21-14(15,16)17/h4-5,9,18H,3,6-8,10H2,1-2H3. The van der Waals surface area contributed by atoms with Crippen LogP contribution in [0.3, 0.4) is 0 Å². The Morgan fingerprint density at radius 1 is 1.29 bits per heavy atom. The smallest absolute Gasteiger partial charge is 0.441 e. The molecule has 0 radical (unpaired) electrons. The van der Waals surface area contributed by atoms with Crippen molar-refractivity contribution in [2.75, 3.05) is 26.0 Å². The molecule has 3 nitrogen and oxygen atoms in total. The average Bonchev–Trinajstić information content (AvgIpc) is 2.44. The SMILES string of the molecule is CCCNCc1ccc(OC)cc1OCCSC(F)(F)F. The molecule has 1 aromatic rings. The van der Waals surface area contributed by atoms with Crippen LogP contribution in [-0.4, -0.2) is 31.5 Å². The lowest BCUT2D eigenvalue weighted by molar-refractivity contribution is -0.0329. The van der Waals surface area contributed by atoms with E-state index in [1.54, 1.807) is 12.1 Å². The highest BCUT2D eigenvalue weighted by molar-refractivity contribution is 8.00. The van der Waals surface area contributed by atoms with Crippen molar-refractivity contribution in [3.05, 3.63) is 23.8 Å². The van der Waals surface area contributed by atoms with Gasteiger partial charge >= 0.3 is 5.51 Å². The number of thioether (sulfide) groups is 1. The largest absolute Gasteiger partial charge is 0.497 e. The monoisotopic (exact) mass is 323 g/mol. The molecule has 0 heterocycles. The summed E-state index contributed by atoms with van der Waals surface area (Å²) in [4.78, 5) is 0. The summed E-state index contributed by atoms with van der Waals surface area (Å²) in [6.07, 6.45) is 1.01. The summed E-state index contributed by atoms with van der Waals surface area (Å²) >= 11 is -0.0818. The van der Waals surface area contributed by atoms with Crippen LogP contribution in [0, 0.1) is 0 Å². The number of hydrogen-bond donors (Lipinski definition) is 1. The Balaban J connectivity index is 2.59. The average molecular weight is 323 g/mol. The van der Waals surface area contributed by atoms with E-state index in [2.05, 4.69) is 12.2 Å². The summed E-state index contributed by atoms with van der Waals surface area (Å²) in [6, 6.07) is 5.36. The zero-order valence-electron chi connectivity index (χ0n) is 12.1. The van der Waals surface area contributed by atoms with Crippen molar-refractivity contribution >= 4 is 11.8 Å². The lowest BCUT2D eigenvalue weighted by Crippen LogP contribution is -2.15. The minimum atomic E-state index is -4.22. The van der Waals surface area contributed by atoms with Crippen molar-refractivity contribution in [3.63, 3.8) is 0 Å². The van der Waals surface area contributed by atoms with Crippen LogP contribution in [-0.2, 0) is 6.54 Å². The lowest BCUT2D eigenvalue weighted by atomic mass is 10.2. The lowest BCUT2D eigenvalue weighted by Gasteiger charge is -2.14. The van der Waals surface area contributed by atoms with Gasteiger partial charge in [-0.2, -0.15) is 13.2 Å². The van der Waals surface area contributed by atoms with Crippen LogP contribution >= 0.6 is 11.8 Å². The number of benzene rings is 1. The molecule has 0 fully saturated rings. The molecule has 1 rings (SSSR count). The Morgan fingerprint density at radius 3 is 2.67 bits per heavy atom. The van der Waals surface area contributed by atoms with Gasteiger partial charge in [0.2, 0.25) is 0 Å². The topological polar surface area (TPSA) is 30.5 Å². The molecule has 0 atom stereocenters. The second kappa shape index (κ2) is 9.04. The number of methoxy groups -OCH3 is 1. The summed E-state index contributed by atoms with van der Waals surface area (Å²) in [5, 5.41) is 3.24. The Morgan fingerprint density at radius 2 is 2.05 bits per heavy atom. The Kier molecular flexibility index (Phi) is 7.74. The summed E-state index contributed by atoms with van der Waals surface area (Å²) < 4.78 is 46.8. The van der Waals surface area contributed by atoms with Crippen molar-refractivity contribution in [3.8, 4) is 11.5 Å². The van der Waals surface area contributed by atoms with Gasteiger partial charge in [0.25, 0.3) is 0 Å². The van der Waals surface area contributed by atoms with Gasteiger partial charge in [-0.1, -0.05) is 13.0 Å². The number of rotatable bonds is 9. The van der Waals surface area contributed by atoms with E-state index in [0.717, 1.165) is 18.5 Å². The zero-order chi connectivity index (χ0) is 15.7. The highest BCUT2D eigenvalue weighted by Gasteiger charge is 2.27. The molecule has 0 aliphatic heterocycles. The van der Waals surface area contributed by atoms with E-state index in [-0.39, 0.29) is 24.1 Å². The van der Waals surface area contributed by atoms with Gasteiger partial charge in [0.1, 0.15) is 11.5 Å². The van der Waals surface area contributed by atoms with Crippen LogP contribution in [0.2, 0.25) is 0 Å². The van der Waals surface area contributed by atoms with Crippen LogP contribution in [0.5, 0.6) is 11.5 Å². The first-order valence-electron chi connectivity index (χ1n) is 6.67. The van der Waals surface area contributed by atoms with E-state index in [9.17, 15) is 13.2 Å². The minimum absolute atomic E-state index is 0.00186. The molecule has 0 aliphatic rings. The van der Waals surface area contributed by atoms with Crippen molar-refractivity contribution < 1.29 is 22.6 Å².